The van der Waals surface area contributed by atoms with Crippen molar-refractivity contribution < 1.29 is 9.59 Å². The van der Waals surface area contributed by atoms with Crippen molar-refractivity contribution in [3.8, 4) is 0 Å². The second-order valence-electron chi connectivity index (χ2n) is 6.33. The van der Waals surface area contributed by atoms with Crippen LogP contribution in [0, 0.1) is 6.92 Å². The van der Waals surface area contributed by atoms with E-state index < -0.39 is 0 Å². The standard InChI is InChI=1S/C20H22N2O2/c1-14-5-3-4-6-16(14)13-20(24)22(19-11-12-19)18-9-7-17(8-10-18)21-15(2)23/h3-10,19H,11-13H2,1-2H3,(H,21,23). The molecule has 0 bridgehead atoms. The van der Waals surface area contributed by atoms with Gasteiger partial charge in [0.05, 0.1) is 6.42 Å². The number of benzene rings is 2. The van der Waals surface area contributed by atoms with Gasteiger partial charge in [0, 0.05) is 24.3 Å². The normalized spacial score (nSPS) is 13.4. The minimum atomic E-state index is -0.0996. The minimum Gasteiger partial charge on any atom is -0.326 e. The van der Waals surface area contributed by atoms with E-state index in [1.54, 1.807) is 0 Å². The van der Waals surface area contributed by atoms with Crippen LogP contribution in [0.25, 0.3) is 0 Å². The molecule has 0 spiro atoms. The highest BCUT2D eigenvalue weighted by molar-refractivity contribution is 5.96. The van der Waals surface area contributed by atoms with Crippen molar-refractivity contribution in [3.63, 3.8) is 0 Å². The first-order chi connectivity index (χ1) is 11.5. The first kappa shape index (κ1) is 16.2. The molecule has 1 aliphatic carbocycles. The van der Waals surface area contributed by atoms with E-state index in [9.17, 15) is 9.59 Å². The van der Waals surface area contributed by atoms with E-state index in [-0.39, 0.29) is 11.8 Å². The average molecular weight is 322 g/mol. The van der Waals surface area contributed by atoms with Crippen LogP contribution < -0.4 is 10.2 Å². The summed E-state index contributed by atoms with van der Waals surface area (Å²) < 4.78 is 0. The van der Waals surface area contributed by atoms with Crippen LogP contribution in [0.15, 0.2) is 48.5 Å². The second-order valence-corrected chi connectivity index (χ2v) is 6.33. The van der Waals surface area contributed by atoms with Crippen molar-refractivity contribution in [1.29, 1.82) is 0 Å². The third-order valence-electron chi connectivity index (χ3n) is 4.25. The molecule has 0 atom stereocenters. The lowest BCUT2D eigenvalue weighted by Gasteiger charge is -2.23. The molecule has 0 aromatic heterocycles. The Hall–Kier alpha value is -2.62. The van der Waals surface area contributed by atoms with Crippen LogP contribution in [0.3, 0.4) is 0 Å². The largest absolute Gasteiger partial charge is 0.326 e. The molecule has 1 fully saturated rings. The number of aryl methyl sites for hydroxylation is 1. The van der Waals surface area contributed by atoms with Crippen molar-refractivity contribution in [2.24, 2.45) is 0 Å². The van der Waals surface area contributed by atoms with Gasteiger partial charge in [-0.1, -0.05) is 24.3 Å². The van der Waals surface area contributed by atoms with Gasteiger partial charge in [-0.15, -0.1) is 0 Å². The lowest BCUT2D eigenvalue weighted by atomic mass is 10.0. The van der Waals surface area contributed by atoms with Gasteiger partial charge < -0.3 is 10.2 Å². The third-order valence-corrected chi connectivity index (χ3v) is 4.25. The number of hydrogen-bond acceptors (Lipinski definition) is 2. The van der Waals surface area contributed by atoms with Gasteiger partial charge in [-0.2, -0.15) is 0 Å². The summed E-state index contributed by atoms with van der Waals surface area (Å²) in [5.41, 5.74) is 3.85. The minimum absolute atomic E-state index is 0.0996. The van der Waals surface area contributed by atoms with Crippen LogP contribution in [0.1, 0.15) is 30.9 Å². The molecule has 0 aliphatic heterocycles. The maximum Gasteiger partial charge on any atom is 0.231 e. The van der Waals surface area contributed by atoms with E-state index in [0.717, 1.165) is 35.3 Å². The van der Waals surface area contributed by atoms with E-state index >= 15 is 0 Å². The molecule has 2 aromatic rings. The Bertz CT molecular complexity index is 748. The van der Waals surface area contributed by atoms with E-state index in [1.807, 2.05) is 60.4 Å². The summed E-state index contributed by atoms with van der Waals surface area (Å²) in [4.78, 5) is 25.9. The summed E-state index contributed by atoms with van der Waals surface area (Å²) in [6.07, 6.45) is 2.51. The fraction of sp³-hybridized carbons (Fsp3) is 0.300. The number of hydrogen-bond donors (Lipinski definition) is 1. The predicted molar refractivity (Wildman–Crippen MR) is 96.1 cm³/mol. The zero-order valence-electron chi connectivity index (χ0n) is 14.1. The molecule has 1 aliphatic rings. The molecule has 0 heterocycles. The van der Waals surface area contributed by atoms with Crippen LogP contribution in [-0.2, 0) is 16.0 Å². The SMILES string of the molecule is CC(=O)Nc1ccc(N(C(=O)Cc2ccccc2C)C2CC2)cc1. The topological polar surface area (TPSA) is 49.4 Å². The second kappa shape index (κ2) is 6.87. The molecule has 1 N–H and O–H groups in total. The van der Waals surface area contributed by atoms with Gasteiger partial charge in [0.25, 0.3) is 0 Å². The maximum atomic E-state index is 12.9. The number of amides is 2. The lowest BCUT2D eigenvalue weighted by Crippen LogP contribution is -2.34. The van der Waals surface area contributed by atoms with Crippen molar-refractivity contribution in [2.45, 2.75) is 39.2 Å². The van der Waals surface area contributed by atoms with E-state index in [4.69, 9.17) is 0 Å². The summed E-state index contributed by atoms with van der Waals surface area (Å²) in [5.74, 6) is 0.0245. The zero-order chi connectivity index (χ0) is 17.1. The summed E-state index contributed by atoms with van der Waals surface area (Å²) in [6, 6.07) is 15.8. The average Bonchev–Trinajstić information content (AvgIpc) is 3.36. The highest BCUT2D eigenvalue weighted by Gasteiger charge is 2.33. The summed E-state index contributed by atoms with van der Waals surface area (Å²) in [5, 5.41) is 2.75. The monoisotopic (exact) mass is 322 g/mol. The fourth-order valence-electron chi connectivity index (χ4n) is 2.86. The first-order valence-corrected chi connectivity index (χ1v) is 8.29. The molecule has 2 amide bonds. The van der Waals surface area contributed by atoms with Crippen molar-refractivity contribution in [2.75, 3.05) is 10.2 Å². The molecule has 4 heteroatoms. The molecule has 24 heavy (non-hydrogen) atoms. The van der Waals surface area contributed by atoms with Crippen molar-refractivity contribution >= 4 is 23.2 Å². The Morgan fingerprint density at radius 3 is 2.33 bits per heavy atom. The Balaban J connectivity index is 1.78. The van der Waals surface area contributed by atoms with Crippen LogP contribution in [0.4, 0.5) is 11.4 Å². The lowest BCUT2D eigenvalue weighted by molar-refractivity contribution is -0.118. The molecular weight excluding hydrogens is 300 g/mol. The predicted octanol–water partition coefficient (Wildman–Crippen LogP) is 3.69. The van der Waals surface area contributed by atoms with Gasteiger partial charge in [-0.05, 0) is 55.2 Å². The highest BCUT2D eigenvalue weighted by Crippen LogP contribution is 2.33. The van der Waals surface area contributed by atoms with Crippen LogP contribution in [0.5, 0.6) is 0 Å². The van der Waals surface area contributed by atoms with E-state index in [0.29, 0.717) is 12.5 Å². The van der Waals surface area contributed by atoms with Gasteiger partial charge in [-0.3, -0.25) is 9.59 Å². The molecule has 3 rings (SSSR count). The van der Waals surface area contributed by atoms with Gasteiger partial charge in [0.15, 0.2) is 0 Å². The quantitative estimate of drug-likeness (QED) is 0.912. The number of nitrogens with one attached hydrogen (secondary N) is 1. The van der Waals surface area contributed by atoms with E-state index in [1.165, 1.54) is 6.92 Å². The van der Waals surface area contributed by atoms with Crippen LogP contribution >= 0.6 is 0 Å². The molecule has 124 valence electrons. The number of nitrogens with zero attached hydrogens (tertiary/aromatic N) is 1. The molecule has 0 unspecified atom stereocenters. The Morgan fingerprint density at radius 2 is 1.75 bits per heavy atom. The molecule has 4 nitrogen and oxygen atoms in total. The Morgan fingerprint density at radius 1 is 1.08 bits per heavy atom. The third kappa shape index (κ3) is 3.82. The number of anilines is 2. The summed E-state index contributed by atoms with van der Waals surface area (Å²) in [6.45, 7) is 3.52. The molecular formula is C20H22N2O2. The van der Waals surface area contributed by atoms with Crippen LogP contribution in [-0.4, -0.2) is 17.9 Å². The fourth-order valence-corrected chi connectivity index (χ4v) is 2.86. The Kier molecular flexibility index (Phi) is 4.65. The first-order valence-electron chi connectivity index (χ1n) is 8.29. The number of carbonyl (C=O) groups is 2. The summed E-state index contributed by atoms with van der Waals surface area (Å²) >= 11 is 0. The molecule has 0 saturated heterocycles. The van der Waals surface area contributed by atoms with Crippen LogP contribution in [0.2, 0.25) is 0 Å². The van der Waals surface area contributed by atoms with Gasteiger partial charge in [-0.25, -0.2) is 0 Å². The maximum absolute atomic E-state index is 12.9. The van der Waals surface area contributed by atoms with Gasteiger partial charge in [0.1, 0.15) is 0 Å². The van der Waals surface area contributed by atoms with Gasteiger partial charge in [0.2, 0.25) is 11.8 Å². The highest BCUT2D eigenvalue weighted by atomic mass is 16.2. The zero-order valence-corrected chi connectivity index (χ0v) is 14.1. The number of rotatable bonds is 5. The molecule has 0 radical (unpaired) electrons. The number of carbonyl (C=O) groups excluding carboxylic acids is 2. The van der Waals surface area contributed by atoms with Crippen molar-refractivity contribution in [1.82, 2.24) is 0 Å². The Labute approximate surface area is 142 Å². The molecule has 2 aromatic carbocycles. The van der Waals surface area contributed by atoms with Crippen molar-refractivity contribution in [3.05, 3.63) is 59.7 Å². The molecule has 1 saturated carbocycles. The van der Waals surface area contributed by atoms with E-state index in [2.05, 4.69) is 5.32 Å². The smallest absolute Gasteiger partial charge is 0.231 e. The van der Waals surface area contributed by atoms with Gasteiger partial charge >= 0.3 is 0 Å². The summed E-state index contributed by atoms with van der Waals surface area (Å²) in [7, 11) is 0.